The molecule has 6 nitrogen and oxygen atoms in total. The molecule has 0 saturated heterocycles. The number of carbonyl (C=O) groups is 1. The monoisotopic (exact) mass is 390 g/mol. The molecule has 9 heteroatoms. The van der Waals surface area contributed by atoms with Gasteiger partial charge < -0.3 is 10.1 Å². The Hall–Kier alpha value is -3.36. The van der Waals surface area contributed by atoms with E-state index in [9.17, 15) is 18.0 Å². The standard InChI is InChI=1S/C19H17F3N4O2/c1-3-13-4-6-14(7-5-13)23-18-17(12(2)27)24-26(25-18)15-8-10-16(11-9-15)28-19(20,21)22/h4-11H,3H2,1-2H3,(H,23,25). The number of aromatic nitrogens is 3. The number of benzene rings is 2. The van der Waals surface area contributed by atoms with Crippen molar-refractivity contribution in [3.8, 4) is 11.4 Å². The summed E-state index contributed by atoms with van der Waals surface area (Å²) in [4.78, 5) is 13.1. The zero-order chi connectivity index (χ0) is 20.3. The first kappa shape index (κ1) is 19.4. The number of ketones is 1. The number of alkyl halides is 3. The fourth-order valence-electron chi connectivity index (χ4n) is 2.48. The van der Waals surface area contributed by atoms with Crippen LogP contribution in [0.5, 0.6) is 5.75 Å². The number of anilines is 2. The summed E-state index contributed by atoms with van der Waals surface area (Å²) in [5, 5.41) is 11.4. The van der Waals surface area contributed by atoms with E-state index in [2.05, 4.69) is 20.3 Å². The van der Waals surface area contributed by atoms with E-state index in [1.165, 1.54) is 29.4 Å². The Morgan fingerprint density at radius 3 is 2.25 bits per heavy atom. The highest BCUT2D eigenvalue weighted by atomic mass is 19.4. The molecule has 0 amide bonds. The van der Waals surface area contributed by atoms with Crippen LogP contribution in [0.3, 0.4) is 0 Å². The van der Waals surface area contributed by atoms with Crippen molar-refractivity contribution in [2.75, 3.05) is 5.32 Å². The van der Waals surface area contributed by atoms with E-state index < -0.39 is 6.36 Å². The number of aryl methyl sites for hydroxylation is 1. The topological polar surface area (TPSA) is 69.0 Å². The molecule has 1 aromatic heterocycles. The summed E-state index contributed by atoms with van der Waals surface area (Å²) in [6.45, 7) is 3.41. The van der Waals surface area contributed by atoms with Gasteiger partial charge in [0.05, 0.1) is 5.69 Å². The number of nitrogens with one attached hydrogen (secondary N) is 1. The van der Waals surface area contributed by atoms with Gasteiger partial charge in [-0.15, -0.1) is 28.2 Å². The smallest absolute Gasteiger partial charge is 0.406 e. The molecule has 0 spiro atoms. The molecule has 28 heavy (non-hydrogen) atoms. The molecule has 3 rings (SSSR count). The SMILES string of the molecule is CCc1ccc(Nc2nn(-c3ccc(OC(F)(F)F)cc3)nc2C(C)=O)cc1. The minimum absolute atomic E-state index is 0.121. The van der Waals surface area contributed by atoms with E-state index in [1.54, 1.807) is 0 Å². The summed E-state index contributed by atoms with van der Waals surface area (Å²) in [5.74, 6) is -0.395. The zero-order valence-electron chi connectivity index (χ0n) is 15.1. The van der Waals surface area contributed by atoms with Crippen LogP contribution in [0.1, 0.15) is 29.9 Å². The first-order chi connectivity index (χ1) is 13.2. The number of halogens is 3. The lowest BCUT2D eigenvalue weighted by molar-refractivity contribution is -0.274. The fraction of sp³-hybridized carbons (Fsp3) is 0.211. The Morgan fingerprint density at radius 2 is 1.71 bits per heavy atom. The highest BCUT2D eigenvalue weighted by molar-refractivity contribution is 5.97. The van der Waals surface area contributed by atoms with Gasteiger partial charge in [0.1, 0.15) is 5.75 Å². The zero-order valence-corrected chi connectivity index (χ0v) is 15.1. The molecule has 0 bridgehead atoms. The average Bonchev–Trinajstić information content (AvgIpc) is 3.06. The Bertz CT molecular complexity index is 964. The number of ether oxygens (including phenoxy) is 1. The number of carbonyl (C=O) groups excluding carboxylic acids is 1. The second kappa shape index (κ2) is 7.71. The molecule has 0 aliphatic rings. The molecular weight excluding hydrogens is 373 g/mol. The number of hydrogen-bond acceptors (Lipinski definition) is 5. The average molecular weight is 390 g/mol. The van der Waals surface area contributed by atoms with Crippen LogP contribution in [0.15, 0.2) is 48.5 Å². The van der Waals surface area contributed by atoms with Crippen LogP contribution in [-0.2, 0) is 6.42 Å². The molecule has 146 valence electrons. The van der Waals surface area contributed by atoms with E-state index in [1.807, 2.05) is 31.2 Å². The third kappa shape index (κ3) is 4.67. The van der Waals surface area contributed by atoms with Gasteiger partial charge in [-0.3, -0.25) is 4.79 Å². The lowest BCUT2D eigenvalue weighted by Crippen LogP contribution is -2.17. The van der Waals surface area contributed by atoms with E-state index in [4.69, 9.17) is 0 Å². The normalized spacial score (nSPS) is 11.3. The van der Waals surface area contributed by atoms with E-state index >= 15 is 0 Å². The predicted molar refractivity (Wildman–Crippen MR) is 97.1 cm³/mol. The summed E-state index contributed by atoms with van der Waals surface area (Å²) in [5.41, 5.74) is 2.41. The Morgan fingerprint density at radius 1 is 1.07 bits per heavy atom. The lowest BCUT2D eigenvalue weighted by Gasteiger charge is -2.08. The van der Waals surface area contributed by atoms with E-state index in [0.717, 1.165) is 24.2 Å². The number of rotatable bonds is 6. The summed E-state index contributed by atoms with van der Waals surface area (Å²) >= 11 is 0. The van der Waals surface area contributed by atoms with Gasteiger partial charge in [0, 0.05) is 12.6 Å². The fourth-order valence-corrected chi connectivity index (χ4v) is 2.48. The van der Waals surface area contributed by atoms with Crippen LogP contribution in [0.4, 0.5) is 24.7 Å². The van der Waals surface area contributed by atoms with Crippen molar-refractivity contribution >= 4 is 17.3 Å². The minimum Gasteiger partial charge on any atom is -0.406 e. The molecule has 3 aromatic rings. The highest BCUT2D eigenvalue weighted by Crippen LogP contribution is 2.24. The summed E-state index contributed by atoms with van der Waals surface area (Å²) < 4.78 is 40.6. The van der Waals surface area contributed by atoms with Gasteiger partial charge in [0.25, 0.3) is 0 Å². The van der Waals surface area contributed by atoms with Gasteiger partial charge in [0.15, 0.2) is 17.3 Å². The first-order valence-corrected chi connectivity index (χ1v) is 8.45. The molecular formula is C19H17F3N4O2. The second-order valence-corrected chi connectivity index (χ2v) is 5.96. The van der Waals surface area contributed by atoms with Crippen molar-refractivity contribution in [1.29, 1.82) is 0 Å². The molecule has 0 aliphatic heterocycles. The maximum atomic E-state index is 12.3. The second-order valence-electron chi connectivity index (χ2n) is 5.96. The molecule has 2 aromatic carbocycles. The van der Waals surface area contributed by atoms with Crippen molar-refractivity contribution in [1.82, 2.24) is 15.0 Å². The molecule has 0 radical (unpaired) electrons. The maximum Gasteiger partial charge on any atom is 0.573 e. The molecule has 0 fully saturated rings. The largest absolute Gasteiger partial charge is 0.573 e. The van der Waals surface area contributed by atoms with E-state index in [-0.39, 0.29) is 23.0 Å². The van der Waals surface area contributed by atoms with E-state index in [0.29, 0.717) is 5.69 Å². The minimum atomic E-state index is -4.77. The molecule has 1 N–H and O–H groups in total. The Labute approximate surface area is 158 Å². The molecule has 1 heterocycles. The van der Waals surface area contributed by atoms with Gasteiger partial charge in [-0.2, -0.15) is 0 Å². The number of nitrogens with zero attached hydrogens (tertiary/aromatic N) is 3. The van der Waals surface area contributed by atoms with Crippen LogP contribution in [0.25, 0.3) is 5.69 Å². The van der Waals surface area contributed by atoms with Crippen molar-refractivity contribution in [3.63, 3.8) is 0 Å². The summed E-state index contributed by atoms with van der Waals surface area (Å²) in [6.07, 6.45) is -3.86. The van der Waals surface area contributed by atoms with Crippen LogP contribution in [0.2, 0.25) is 0 Å². The lowest BCUT2D eigenvalue weighted by atomic mass is 10.1. The summed E-state index contributed by atoms with van der Waals surface area (Å²) in [6, 6.07) is 12.7. The van der Waals surface area contributed by atoms with Crippen molar-refractivity contribution in [3.05, 3.63) is 59.8 Å². The van der Waals surface area contributed by atoms with Gasteiger partial charge in [-0.25, -0.2) is 0 Å². The Kier molecular flexibility index (Phi) is 5.34. The number of Topliss-reactive ketones (excluding diaryl/α,β-unsaturated/α-hetero) is 1. The van der Waals surface area contributed by atoms with Crippen LogP contribution >= 0.6 is 0 Å². The number of hydrogen-bond donors (Lipinski definition) is 1. The highest BCUT2D eigenvalue weighted by Gasteiger charge is 2.31. The molecule has 0 saturated carbocycles. The third-order valence-electron chi connectivity index (χ3n) is 3.87. The van der Waals surface area contributed by atoms with Gasteiger partial charge in [-0.05, 0) is 48.4 Å². The van der Waals surface area contributed by atoms with Crippen molar-refractivity contribution in [2.24, 2.45) is 0 Å². The van der Waals surface area contributed by atoms with Gasteiger partial charge in [-0.1, -0.05) is 19.1 Å². The molecule has 0 aliphatic carbocycles. The predicted octanol–water partition coefficient (Wildman–Crippen LogP) is 4.67. The molecule has 0 atom stereocenters. The van der Waals surface area contributed by atoms with Gasteiger partial charge >= 0.3 is 6.36 Å². The molecule has 0 unspecified atom stereocenters. The Balaban J connectivity index is 1.86. The van der Waals surface area contributed by atoms with Gasteiger partial charge in [0.2, 0.25) is 0 Å². The summed E-state index contributed by atoms with van der Waals surface area (Å²) in [7, 11) is 0. The van der Waals surface area contributed by atoms with Crippen molar-refractivity contribution in [2.45, 2.75) is 26.6 Å². The maximum absolute atomic E-state index is 12.3. The van der Waals surface area contributed by atoms with Crippen LogP contribution in [-0.4, -0.2) is 27.1 Å². The quantitative estimate of drug-likeness (QED) is 0.619. The van der Waals surface area contributed by atoms with Crippen molar-refractivity contribution < 1.29 is 22.7 Å². The van der Waals surface area contributed by atoms with Crippen LogP contribution < -0.4 is 10.1 Å². The third-order valence-corrected chi connectivity index (χ3v) is 3.87. The van der Waals surface area contributed by atoms with Crippen LogP contribution in [0, 0.1) is 0 Å². The first-order valence-electron chi connectivity index (χ1n) is 8.45.